The van der Waals surface area contributed by atoms with E-state index in [-0.39, 0.29) is 17.5 Å². The summed E-state index contributed by atoms with van der Waals surface area (Å²) in [7, 11) is 2.05. The van der Waals surface area contributed by atoms with Crippen LogP contribution in [0.5, 0.6) is 0 Å². The average molecular weight is 456 g/mol. The maximum absolute atomic E-state index is 12.7. The van der Waals surface area contributed by atoms with E-state index in [0.29, 0.717) is 5.92 Å². The van der Waals surface area contributed by atoms with Gasteiger partial charge in [-0.3, -0.25) is 14.7 Å². The Morgan fingerprint density at radius 2 is 2.15 bits per heavy atom. The fraction of sp³-hybridized carbons (Fsp3) is 0.385. The number of H-pyrrole nitrogens is 1. The van der Waals surface area contributed by atoms with Gasteiger partial charge in [-0.05, 0) is 74.4 Å². The molecule has 0 atom stereocenters. The minimum Gasteiger partial charge on any atom is -0.363 e. The zero-order chi connectivity index (χ0) is 23.5. The van der Waals surface area contributed by atoms with Gasteiger partial charge in [0.15, 0.2) is 0 Å². The first-order valence-corrected chi connectivity index (χ1v) is 11.9. The zero-order valence-electron chi connectivity index (χ0n) is 19.4. The molecular formula is C26H29N7O. The van der Waals surface area contributed by atoms with Crippen LogP contribution in [0.2, 0.25) is 0 Å². The first kappa shape index (κ1) is 22.1. The normalized spacial score (nSPS) is 16.9. The number of carbonyl (C=O) groups excluding carboxylic acids is 1. The largest absolute Gasteiger partial charge is 0.363 e. The third kappa shape index (κ3) is 4.66. The predicted octanol–water partition coefficient (Wildman–Crippen LogP) is 4.89. The monoisotopic (exact) mass is 455 g/mol. The molecule has 1 aromatic carbocycles. The average Bonchev–Trinajstić information content (AvgIpc) is 3.63. The molecule has 174 valence electrons. The van der Waals surface area contributed by atoms with Crippen LogP contribution in [0.15, 0.2) is 42.9 Å². The summed E-state index contributed by atoms with van der Waals surface area (Å²) in [5, 5.41) is 3.01. The second-order valence-corrected chi connectivity index (χ2v) is 9.11. The van der Waals surface area contributed by atoms with Gasteiger partial charge in [-0.15, -0.1) is 0 Å². The van der Waals surface area contributed by atoms with Crippen molar-refractivity contribution in [3.63, 3.8) is 0 Å². The molecular weight excluding hydrogens is 426 g/mol. The van der Waals surface area contributed by atoms with E-state index in [0.717, 1.165) is 68.8 Å². The molecule has 1 fully saturated rings. The van der Waals surface area contributed by atoms with Crippen molar-refractivity contribution < 1.29 is 4.79 Å². The SMILES string of the molecule is [C-]#[N+]c1cnc(C(=O)Nc2ccc(C3CCN(Cc4nccn4C)CC3)cc2C2=CCCC2)[nH]1. The van der Waals surface area contributed by atoms with Crippen molar-refractivity contribution in [2.24, 2.45) is 7.05 Å². The lowest BCUT2D eigenvalue weighted by Crippen LogP contribution is -2.33. The minimum absolute atomic E-state index is 0.154. The van der Waals surface area contributed by atoms with Crippen LogP contribution in [0.1, 0.15) is 65.6 Å². The number of hydrogen-bond donors (Lipinski definition) is 2. The van der Waals surface area contributed by atoms with Gasteiger partial charge in [-0.2, -0.15) is 0 Å². The molecule has 0 unspecified atom stereocenters. The van der Waals surface area contributed by atoms with Crippen molar-refractivity contribution >= 4 is 23.0 Å². The molecule has 2 aliphatic rings. The van der Waals surface area contributed by atoms with Crippen molar-refractivity contribution in [3.05, 3.63) is 77.1 Å². The standard InChI is InChI=1S/C26H29N7O/c1-27-23-16-29-25(31-23)26(34)30-22-8-7-20(15-21(22)19-5-3-4-6-19)18-9-12-33(13-10-18)17-24-28-11-14-32(24)2/h5,7-8,11,14-16,18H,3-4,6,9-10,12-13,17H2,2H3,(H,29,31)(H,30,34). The summed E-state index contributed by atoms with van der Waals surface area (Å²) in [5.41, 5.74) is 4.54. The molecule has 1 saturated heterocycles. The Balaban J connectivity index is 1.31. The number of allylic oxidation sites excluding steroid dienone is 2. The number of nitrogens with zero attached hydrogens (tertiary/aromatic N) is 5. The number of rotatable bonds is 6. The van der Waals surface area contributed by atoms with Gasteiger partial charge in [0.1, 0.15) is 5.82 Å². The first-order chi connectivity index (χ1) is 16.6. The summed E-state index contributed by atoms with van der Waals surface area (Å²) < 4.78 is 2.09. The van der Waals surface area contributed by atoms with Crippen LogP contribution in [-0.4, -0.2) is 43.4 Å². The van der Waals surface area contributed by atoms with Crippen LogP contribution in [-0.2, 0) is 13.6 Å². The highest BCUT2D eigenvalue weighted by atomic mass is 16.2. The lowest BCUT2D eigenvalue weighted by Gasteiger charge is -2.32. The van der Waals surface area contributed by atoms with Gasteiger partial charge >= 0.3 is 5.91 Å². The Hall–Kier alpha value is -3.70. The molecule has 0 bridgehead atoms. The predicted molar refractivity (Wildman–Crippen MR) is 132 cm³/mol. The number of carbonyl (C=O) groups is 1. The molecule has 2 N–H and O–H groups in total. The molecule has 0 spiro atoms. The lowest BCUT2D eigenvalue weighted by molar-refractivity contribution is 0.101. The Bertz CT molecular complexity index is 1250. The zero-order valence-corrected chi connectivity index (χ0v) is 19.4. The number of imidazole rings is 2. The molecule has 5 rings (SSSR count). The van der Waals surface area contributed by atoms with Crippen LogP contribution in [0.25, 0.3) is 10.4 Å². The van der Waals surface area contributed by atoms with Crippen molar-refractivity contribution in [2.75, 3.05) is 18.4 Å². The topological polar surface area (TPSA) is 83.2 Å². The van der Waals surface area contributed by atoms with Gasteiger partial charge in [0.05, 0.1) is 12.7 Å². The maximum atomic E-state index is 12.7. The summed E-state index contributed by atoms with van der Waals surface area (Å²) >= 11 is 0. The molecule has 1 aliphatic carbocycles. The van der Waals surface area contributed by atoms with E-state index < -0.39 is 0 Å². The first-order valence-electron chi connectivity index (χ1n) is 11.9. The summed E-state index contributed by atoms with van der Waals surface area (Å²) in [5.74, 6) is 1.70. The van der Waals surface area contributed by atoms with Gasteiger partial charge in [-0.1, -0.05) is 18.7 Å². The Kier molecular flexibility index (Phi) is 6.28. The summed E-state index contributed by atoms with van der Waals surface area (Å²) in [4.78, 5) is 29.8. The van der Waals surface area contributed by atoms with Gasteiger partial charge in [0, 0.05) is 30.7 Å². The molecule has 8 heteroatoms. The van der Waals surface area contributed by atoms with Gasteiger partial charge in [0.25, 0.3) is 5.82 Å². The molecule has 2 aromatic heterocycles. The van der Waals surface area contributed by atoms with Crippen LogP contribution < -0.4 is 5.32 Å². The molecule has 0 radical (unpaired) electrons. The maximum Gasteiger partial charge on any atom is 0.314 e. The van der Waals surface area contributed by atoms with Gasteiger partial charge < -0.3 is 14.7 Å². The van der Waals surface area contributed by atoms with Crippen LogP contribution in [0.4, 0.5) is 11.5 Å². The lowest BCUT2D eigenvalue weighted by atomic mass is 9.87. The molecule has 8 nitrogen and oxygen atoms in total. The quantitative estimate of drug-likeness (QED) is 0.518. The van der Waals surface area contributed by atoms with Gasteiger partial charge in [0.2, 0.25) is 5.82 Å². The molecule has 3 aromatic rings. The van der Waals surface area contributed by atoms with Crippen LogP contribution >= 0.6 is 0 Å². The van der Waals surface area contributed by atoms with E-state index in [9.17, 15) is 4.79 Å². The molecule has 1 aliphatic heterocycles. The van der Waals surface area contributed by atoms with E-state index in [1.165, 1.54) is 17.3 Å². The highest BCUT2D eigenvalue weighted by Gasteiger charge is 2.24. The fourth-order valence-electron chi connectivity index (χ4n) is 4.94. The third-order valence-corrected chi connectivity index (χ3v) is 6.92. The number of aryl methyl sites for hydroxylation is 1. The molecule has 0 saturated carbocycles. The highest BCUT2D eigenvalue weighted by Crippen LogP contribution is 2.37. The molecule has 34 heavy (non-hydrogen) atoms. The van der Waals surface area contributed by atoms with Gasteiger partial charge in [-0.25, -0.2) is 9.97 Å². The number of aromatic nitrogens is 4. The fourth-order valence-corrected chi connectivity index (χ4v) is 4.94. The smallest absolute Gasteiger partial charge is 0.314 e. The Morgan fingerprint density at radius 1 is 1.29 bits per heavy atom. The second kappa shape index (κ2) is 9.65. The van der Waals surface area contributed by atoms with E-state index in [1.54, 1.807) is 0 Å². The summed E-state index contributed by atoms with van der Waals surface area (Å²) in [6.07, 6.45) is 13.0. The van der Waals surface area contributed by atoms with Crippen molar-refractivity contribution in [1.82, 2.24) is 24.4 Å². The van der Waals surface area contributed by atoms with E-state index >= 15 is 0 Å². The van der Waals surface area contributed by atoms with Crippen LogP contribution in [0, 0.1) is 6.57 Å². The van der Waals surface area contributed by atoms with Crippen LogP contribution in [0.3, 0.4) is 0 Å². The number of amides is 1. The number of hydrogen-bond acceptors (Lipinski definition) is 4. The Morgan fingerprint density at radius 3 is 2.82 bits per heavy atom. The van der Waals surface area contributed by atoms with Crippen molar-refractivity contribution in [2.45, 2.75) is 44.6 Å². The Labute approximate surface area is 199 Å². The third-order valence-electron chi connectivity index (χ3n) is 6.92. The summed E-state index contributed by atoms with van der Waals surface area (Å²) in [6.45, 7) is 10.1. The summed E-state index contributed by atoms with van der Waals surface area (Å²) in [6, 6.07) is 6.46. The minimum atomic E-state index is -0.329. The molecule has 1 amide bonds. The van der Waals surface area contributed by atoms with Crippen molar-refractivity contribution in [3.8, 4) is 0 Å². The second-order valence-electron chi connectivity index (χ2n) is 9.11. The number of nitrogens with one attached hydrogen (secondary N) is 2. The number of likely N-dealkylation sites (tertiary alicyclic amines) is 1. The van der Waals surface area contributed by atoms with E-state index in [4.69, 9.17) is 6.57 Å². The highest BCUT2D eigenvalue weighted by molar-refractivity contribution is 6.03. The van der Waals surface area contributed by atoms with E-state index in [1.807, 2.05) is 25.5 Å². The van der Waals surface area contributed by atoms with Crippen molar-refractivity contribution in [1.29, 1.82) is 0 Å². The molecule has 3 heterocycles. The number of benzene rings is 1. The number of aromatic amines is 1. The number of anilines is 1. The van der Waals surface area contributed by atoms with E-state index in [2.05, 4.69) is 52.8 Å². The number of piperidine rings is 1.